The average molecular weight is 1140 g/mol. The van der Waals surface area contributed by atoms with Gasteiger partial charge in [0.2, 0.25) is 5.91 Å². The van der Waals surface area contributed by atoms with Crippen molar-refractivity contribution in [3.63, 3.8) is 0 Å². The lowest BCUT2D eigenvalue weighted by Gasteiger charge is -2.40. The van der Waals surface area contributed by atoms with Crippen LogP contribution in [-0.4, -0.2) is 100 Å². The zero-order chi connectivity index (χ0) is 58.7. The number of allylic oxidation sites excluding steroid dienone is 9. The highest BCUT2D eigenvalue weighted by Gasteiger charge is 2.44. The van der Waals surface area contributed by atoms with Crippen LogP contribution in [0.3, 0.4) is 0 Å². The Morgan fingerprint density at radius 2 is 0.852 bits per heavy atom. The lowest BCUT2D eigenvalue weighted by molar-refractivity contribution is -0.302. The number of unbranched alkanes of at least 4 members (excludes halogenated alkanes) is 37. The number of esters is 1. The van der Waals surface area contributed by atoms with Crippen molar-refractivity contribution in [2.75, 3.05) is 19.8 Å². The quantitative estimate of drug-likeness (QED) is 0.0195. The normalized spacial score (nSPS) is 18.6. The molecule has 1 aliphatic rings. The predicted molar refractivity (Wildman–Crippen MR) is 338 cm³/mol. The molecule has 0 aliphatic carbocycles. The SMILES string of the molecule is CCC/C=C\C/C=C\CCCCCCCC(=O)OCCCCCCCCCCC/C=C\C/C=C\CCCCCCCCCCCCCC(=O)NC(COC1OC(CO)C(O)C(O)C1O)C(O)/C=C/CCCCCCCCCCCCC. The first-order valence-electron chi connectivity index (χ1n) is 34.1. The number of ether oxygens (including phenoxy) is 3. The minimum absolute atomic E-state index is 0.0147. The molecule has 1 amide bonds. The molecule has 1 fully saturated rings. The number of hydrogen-bond donors (Lipinski definition) is 6. The van der Waals surface area contributed by atoms with Gasteiger partial charge in [-0.05, 0) is 89.9 Å². The maximum Gasteiger partial charge on any atom is 0.305 e. The maximum atomic E-state index is 13.1. The van der Waals surface area contributed by atoms with Gasteiger partial charge in [0.25, 0.3) is 0 Å². The van der Waals surface area contributed by atoms with Gasteiger partial charge >= 0.3 is 5.97 Å². The third-order valence-electron chi connectivity index (χ3n) is 15.8. The standard InChI is InChI=1S/C70H127NO10/c1-3-5-7-9-11-13-15-32-36-40-44-48-52-56-63(73)62(61-80-70-69(78)68(77)67(76)64(60-72)81-70)71-65(74)57-53-49-45-41-37-34-30-28-26-24-22-20-18-17-19-21-23-25-27-29-31-35-39-43-47-51-55-59-79-66(75)58-54-50-46-42-38-33-16-14-12-10-8-6-4-2/h8,10,14,16-18,21,23,52,56,62-64,67-70,72-73,76-78H,3-7,9,11-13,15,19-20,22,24-51,53-55,57-61H2,1-2H3,(H,71,74)/b10-8-,16-14-,18-17-,23-21-,56-52+. The number of nitrogens with one attached hydrogen (secondary N) is 1. The van der Waals surface area contributed by atoms with Crippen LogP contribution in [0.25, 0.3) is 0 Å². The minimum atomic E-state index is -1.57. The zero-order valence-corrected chi connectivity index (χ0v) is 52.2. The summed E-state index contributed by atoms with van der Waals surface area (Å²) in [5.41, 5.74) is 0. The molecule has 0 bridgehead atoms. The Morgan fingerprint density at radius 1 is 0.457 bits per heavy atom. The second-order valence-corrected chi connectivity index (χ2v) is 23.5. The van der Waals surface area contributed by atoms with Crippen LogP contribution in [0.4, 0.5) is 0 Å². The van der Waals surface area contributed by atoms with E-state index in [9.17, 15) is 35.1 Å². The molecular weight excluding hydrogens is 1010 g/mol. The van der Waals surface area contributed by atoms with Gasteiger partial charge in [0, 0.05) is 12.8 Å². The molecule has 11 nitrogen and oxygen atoms in total. The Kier molecular flexibility index (Phi) is 55.7. The molecule has 11 heteroatoms. The van der Waals surface area contributed by atoms with Gasteiger partial charge in [-0.25, -0.2) is 0 Å². The van der Waals surface area contributed by atoms with E-state index in [1.165, 1.54) is 199 Å². The summed E-state index contributed by atoms with van der Waals surface area (Å²) in [4.78, 5) is 25.1. The van der Waals surface area contributed by atoms with Crippen LogP contribution in [0.5, 0.6) is 0 Å². The van der Waals surface area contributed by atoms with Crippen molar-refractivity contribution in [2.24, 2.45) is 0 Å². The van der Waals surface area contributed by atoms with E-state index in [0.717, 1.165) is 83.5 Å². The average Bonchev–Trinajstić information content (AvgIpc) is 3.46. The van der Waals surface area contributed by atoms with E-state index in [2.05, 4.69) is 67.8 Å². The van der Waals surface area contributed by atoms with Gasteiger partial charge in [0.05, 0.1) is 32.0 Å². The van der Waals surface area contributed by atoms with Crippen molar-refractivity contribution in [3.8, 4) is 0 Å². The van der Waals surface area contributed by atoms with E-state index < -0.39 is 49.5 Å². The van der Waals surface area contributed by atoms with E-state index in [1.807, 2.05) is 6.08 Å². The molecule has 7 unspecified atom stereocenters. The van der Waals surface area contributed by atoms with Crippen molar-refractivity contribution >= 4 is 11.9 Å². The lowest BCUT2D eigenvalue weighted by atomic mass is 9.99. The third kappa shape index (κ3) is 48.3. The smallest absolute Gasteiger partial charge is 0.305 e. The number of carbonyl (C=O) groups excluding carboxylic acids is 2. The fourth-order valence-electron chi connectivity index (χ4n) is 10.4. The van der Waals surface area contributed by atoms with Crippen molar-refractivity contribution < 1.29 is 49.3 Å². The van der Waals surface area contributed by atoms with Crippen molar-refractivity contribution in [3.05, 3.63) is 60.8 Å². The molecule has 0 saturated carbocycles. The Hall–Kier alpha value is -2.64. The largest absolute Gasteiger partial charge is 0.466 e. The molecule has 1 saturated heterocycles. The highest BCUT2D eigenvalue weighted by molar-refractivity contribution is 5.76. The summed E-state index contributed by atoms with van der Waals surface area (Å²) in [6.07, 6.45) is 67.6. The summed E-state index contributed by atoms with van der Waals surface area (Å²) in [5, 5.41) is 54.5. The first-order chi connectivity index (χ1) is 39.7. The molecule has 1 rings (SSSR count). The van der Waals surface area contributed by atoms with Crippen LogP contribution in [0.1, 0.15) is 309 Å². The Morgan fingerprint density at radius 3 is 1.30 bits per heavy atom. The van der Waals surface area contributed by atoms with Crippen LogP contribution >= 0.6 is 0 Å². The second-order valence-electron chi connectivity index (χ2n) is 23.5. The van der Waals surface area contributed by atoms with E-state index in [-0.39, 0.29) is 18.5 Å². The first kappa shape index (κ1) is 76.4. The summed E-state index contributed by atoms with van der Waals surface area (Å²) >= 11 is 0. The lowest BCUT2D eigenvalue weighted by Crippen LogP contribution is -2.60. The van der Waals surface area contributed by atoms with Gasteiger partial charge in [-0.2, -0.15) is 0 Å². The molecule has 1 heterocycles. The highest BCUT2D eigenvalue weighted by atomic mass is 16.7. The van der Waals surface area contributed by atoms with Gasteiger partial charge in [-0.3, -0.25) is 9.59 Å². The highest BCUT2D eigenvalue weighted by Crippen LogP contribution is 2.23. The molecule has 0 aromatic rings. The van der Waals surface area contributed by atoms with Crippen LogP contribution in [0.15, 0.2) is 60.8 Å². The molecule has 81 heavy (non-hydrogen) atoms. The van der Waals surface area contributed by atoms with E-state index in [4.69, 9.17) is 14.2 Å². The summed E-state index contributed by atoms with van der Waals surface area (Å²) in [7, 11) is 0. The zero-order valence-electron chi connectivity index (χ0n) is 52.2. The molecule has 7 atom stereocenters. The second kappa shape index (κ2) is 59.1. The number of amides is 1. The van der Waals surface area contributed by atoms with E-state index in [0.29, 0.717) is 19.4 Å². The maximum absolute atomic E-state index is 13.1. The van der Waals surface area contributed by atoms with Crippen LogP contribution < -0.4 is 5.32 Å². The van der Waals surface area contributed by atoms with Gasteiger partial charge in [0.15, 0.2) is 6.29 Å². The Balaban J connectivity index is 2.02. The third-order valence-corrected chi connectivity index (χ3v) is 15.8. The minimum Gasteiger partial charge on any atom is -0.466 e. The van der Waals surface area contributed by atoms with Gasteiger partial charge in [-0.1, -0.05) is 267 Å². The summed E-state index contributed by atoms with van der Waals surface area (Å²) in [6, 6.07) is -0.814. The van der Waals surface area contributed by atoms with E-state index in [1.54, 1.807) is 6.08 Å². The van der Waals surface area contributed by atoms with E-state index >= 15 is 0 Å². The fourth-order valence-corrected chi connectivity index (χ4v) is 10.4. The van der Waals surface area contributed by atoms with Crippen molar-refractivity contribution in [2.45, 2.75) is 352 Å². The van der Waals surface area contributed by atoms with Gasteiger partial charge in [0.1, 0.15) is 24.4 Å². The van der Waals surface area contributed by atoms with Crippen LogP contribution in [0.2, 0.25) is 0 Å². The molecule has 6 N–H and O–H groups in total. The number of carbonyl (C=O) groups is 2. The number of aliphatic hydroxyl groups is 5. The van der Waals surface area contributed by atoms with Crippen LogP contribution in [0, 0.1) is 0 Å². The predicted octanol–water partition coefficient (Wildman–Crippen LogP) is 17.0. The Labute approximate surface area is 497 Å². The summed E-state index contributed by atoms with van der Waals surface area (Å²) in [6.45, 7) is 4.28. The molecule has 472 valence electrons. The number of hydrogen-bond acceptors (Lipinski definition) is 10. The van der Waals surface area contributed by atoms with Gasteiger partial charge in [-0.15, -0.1) is 0 Å². The number of rotatable bonds is 59. The summed E-state index contributed by atoms with van der Waals surface area (Å²) < 4.78 is 16.7. The van der Waals surface area contributed by atoms with Gasteiger partial charge < -0.3 is 45.1 Å². The molecule has 0 aromatic heterocycles. The van der Waals surface area contributed by atoms with Crippen molar-refractivity contribution in [1.29, 1.82) is 0 Å². The monoisotopic (exact) mass is 1140 g/mol. The summed E-state index contributed by atoms with van der Waals surface area (Å²) in [5.74, 6) is -0.199. The Bertz CT molecular complexity index is 1530. The molecular formula is C70H127NO10. The molecule has 0 radical (unpaired) electrons. The fraction of sp³-hybridized carbons (Fsp3) is 0.829. The molecule has 0 aromatic carbocycles. The molecule has 1 aliphatic heterocycles. The van der Waals surface area contributed by atoms with Crippen molar-refractivity contribution in [1.82, 2.24) is 5.32 Å². The van der Waals surface area contributed by atoms with Crippen LogP contribution in [-0.2, 0) is 23.8 Å². The molecule has 0 spiro atoms. The first-order valence-corrected chi connectivity index (χ1v) is 34.1. The number of aliphatic hydroxyl groups excluding tert-OH is 5. The topological polar surface area (TPSA) is 175 Å².